The van der Waals surface area contributed by atoms with Crippen molar-refractivity contribution < 1.29 is 0 Å². The Balaban J connectivity index is 2.13. The minimum Gasteiger partial charge on any atom is -0.380 e. The fraction of sp³-hybridized carbons (Fsp3) is 0.0769. The van der Waals surface area contributed by atoms with Crippen LogP contribution >= 0.6 is 50.7 Å². The van der Waals surface area contributed by atoms with Crippen LogP contribution in [0.15, 0.2) is 40.9 Å². The van der Waals surface area contributed by atoms with Gasteiger partial charge in [-0.2, -0.15) is 0 Å². The molecule has 0 aromatic heterocycles. The summed E-state index contributed by atoms with van der Waals surface area (Å²) in [5, 5.41) is 5.23. The van der Waals surface area contributed by atoms with E-state index in [2.05, 4.69) is 21.2 Å². The first kappa shape index (κ1) is 14.0. The molecule has 0 heterocycles. The third-order valence-electron chi connectivity index (χ3n) is 2.41. The second-order valence-corrected chi connectivity index (χ2v) is 5.85. The topological polar surface area (TPSA) is 12.0 Å². The number of hydrogen-bond acceptors (Lipinski definition) is 1. The van der Waals surface area contributed by atoms with Gasteiger partial charge in [0.05, 0.1) is 10.7 Å². The van der Waals surface area contributed by atoms with E-state index < -0.39 is 0 Å². The largest absolute Gasteiger partial charge is 0.380 e. The van der Waals surface area contributed by atoms with E-state index in [1.165, 1.54) is 0 Å². The van der Waals surface area contributed by atoms with Crippen molar-refractivity contribution in [2.75, 3.05) is 5.32 Å². The average molecular weight is 365 g/mol. The van der Waals surface area contributed by atoms with E-state index in [4.69, 9.17) is 34.8 Å². The smallest absolute Gasteiger partial charge is 0.0638 e. The third-order valence-corrected chi connectivity index (χ3v) is 3.95. The van der Waals surface area contributed by atoms with Crippen LogP contribution < -0.4 is 5.32 Å². The summed E-state index contributed by atoms with van der Waals surface area (Å²) in [6.07, 6.45) is 0. The Bertz CT molecular complexity index is 572. The lowest BCUT2D eigenvalue weighted by Crippen LogP contribution is -2.00. The highest BCUT2D eigenvalue weighted by atomic mass is 79.9. The second-order valence-electron chi connectivity index (χ2n) is 3.71. The molecule has 0 bridgehead atoms. The number of anilines is 1. The van der Waals surface area contributed by atoms with Crippen LogP contribution in [0.1, 0.15) is 5.56 Å². The molecule has 0 aliphatic carbocycles. The summed E-state index contributed by atoms with van der Waals surface area (Å²) in [7, 11) is 0. The van der Waals surface area contributed by atoms with Gasteiger partial charge in [-0.05, 0) is 35.9 Å². The standard InChI is InChI=1S/C13H9BrCl3N/c14-11-5-9(15)2-1-8(11)7-18-13-6-10(16)3-4-12(13)17/h1-6,18H,7H2. The summed E-state index contributed by atoms with van der Waals surface area (Å²) < 4.78 is 0.959. The zero-order valence-electron chi connectivity index (χ0n) is 9.18. The van der Waals surface area contributed by atoms with E-state index in [1.54, 1.807) is 18.2 Å². The van der Waals surface area contributed by atoms with Crippen LogP contribution in [-0.2, 0) is 6.54 Å². The van der Waals surface area contributed by atoms with E-state index in [9.17, 15) is 0 Å². The second kappa shape index (κ2) is 6.16. The first-order valence-electron chi connectivity index (χ1n) is 5.19. The van der Waals surface area contributed by atoms with E-state index in [-0.39, 0.29) is 0 Å². The van der Waals surface area contributed by atoms with Crippen LogP contribution in [0.4, 0.5) is 5.69 Å². The highest BCUT2D eigenvalue weighted by molar-refractivity contribution is 9.10. The molecule has 0 unspecified atom stereocenters. The summed E-state index contributed by atoms with van der Waals surface area (Å²) in [5.74, 6) is 0. The Labute approximate surface area is 129 Å². The number of nitrogens with one attached hydrogen (secondary N) is 1. The minimum atomic E-state index is 0.637. The Morgan fingerprint density at radius 3 is 2.33 bits per heavy atom. The maximum atomic E-state index is 6.07. The summed E-state index contributed by atoms with van der Waals surface area (Å²) in [4.78, 5) is 0. The Kier molecular flexibility index (Phi) is 4.79. The number of hydrogen-bond donors (Lipinski definition) is 1. The van der Waals surface area contributed by atoms with Gasteiger partial charge in [-0.3, -0.25) is 0 Å². The average Bonchev–Trinajstić information content (AvgIpc) is 2.32. The van der Waals surface area contributed by atoms with Gasteiger partial charge >= 0.3 is 0 Å². The molecule has 0 aliphatic heterocycles. The van der Waals surface area contributed by atoms with E-state index in [0.717, 1.165) is 15.7 Å². The van der Waals surface area contributed by atoms with Crippen molar-refractivity contribution in [3.63, 3.8) is 0 Å². The van der Waals surface area contributed by atoms with Crippen LogP contribution in [-0.4, -0.2) is 0 Å². The van der Waals surface area contributed by atoms with Crippen LogP contribution in [0.5, 0.6) is 0 Å². The van der Waals surface area contributed by atoms with Crippen LogP contribution in [0.2, 0.25) is 15.1 Å². The molecule has 5 heteroatoms. The van der Waals surface area contributed by atoms with Crippen LogP contribution in [0.3, 0.4) is 0 Å². The summed E-state index contributed by atoms with van der Waals surface area (Å²) >= 11 is 21.4. The van der Waals surface area contributed by atoms with Crippen molar-refractivity contribution in [2.24, 2.45) is 0 Å². The molecule has 2 rings (SSSR count). The van der Waals surface area contributed by atoms with Gasteiger partial charge in [-0.15, -0.1) is 0 Å². The number of benzene rings is 2. The quantitative estimate of drug-likeness (QED) is 0.701. The Morgan fingerprint density at radius 2 is 1.61 bits per heavy atom. The maximum absolute atomic E-state index is 6.07. The zero-order valence-corrected chi connectivity index (χ0v) is 13.0. The van der Waals surface area contributed by atoms with Gasteiger partial charge in [0.15, 0.2) is 0 Å². The zero-order chi connectivity index (χ0) is 13.1. The molecule has 1 N–H and O–H groups in total. The summed E-state index contributed by atoms with van der Waals surface area (Å²) in [6, 6.07) is 11.0. The van der Waals surface area contributed by atoms with Crippen molar-refractivity contribution in [3.8, 4) is 0 Å². The molecule has 0 aliphatic rings. The normalized spacial score (nSPS) is 10.4. The van der Waals surface area contributed by atoms with Crippen molar-refractivity contribution in [3.05, 3.63) is 61.5 Å². The lowest BCUT2D eigenvalue weighted by molar-refractivity contribution is 1.14. The molecule has 0 radical (unpaired) electrons. The molecule has 94 valence electrons. The van der Waals surface area contributed by atoms with Gasteiger partial charge in [-0.1, -0.05) is 56.8 Å². The Morgan fingerprint density at radius 1 is 0.944 bits per heavy atom. The van der Waals surface area contributed by atoms with Gasteiger partial charge in [-0.25, -0.2) is 0 Å². The van der Waals surface area contributed by atoms with Crippen LogP contribution in [0, 0.1) is 0 Å². The molecule has 0 saturated heterocycles. The molecule has 0 amide bonds. The first-order valence-corrected chi connectivity index (χ1v) is 7.12. The van der Waals surface area contributed by atoms with Crippen LogP contribution in [0.25, 0.3) is 0 Å². The van der Waals surface area contributed by atoms with Gasteiger partial charge in [0.25, 0.3) is 0 Å². The van der Waals surface area contributed by atoms with E-state index >= 15 is 0 Å². The molecule has 1 nitrogen and oxygen atoms in total. The molecule has 0 atom stereocenters. The molecule has 2 aromatic carbocycles. The summed E-state index contributed by atoms with van der Waals surface area (Å²) in [6.45, 7) is 0.637. The molecule has 0 spiro atoms. The van der Waals surface area contributed by atoms with Crippen molar-refractivity contribution >= 4 is 56.4 Å². The van der Waals surface area contributed by atoms with Gasteiger partial charge in [0.1, 0.15) is 0 Å². The molecule has 0 fully saturated rings. The predicted molar refractivity (Wildman–Crippen MR) is 82.9 cm³/mol. The lowest BCUT2D eigenvalue weighted by atomic mass is 10.2. The third kappa shape index (κ3) is 3.55. The molecule has 2 aromatic rings. The molecular formula is C13H9BrCl3N. The van der Waals surface area contributed by atoms with Gasteiger partial charge < -0.3 is 5.32 Å². The minimum absolute atomic E-state index is 0.637. The number of rotatable bonds is 3. The monoisotopic (exact) mass is 363 g/mol. The SMILES string of the molecule is Clc1ccc(CNc2cc(Cl)ccc2Cl)c(Br)c1. The van der Waals surface area contributed by atoms with Crippen molar-refractivity contribution in [2.45, 2.75) is 6.54 Å². The van der Waals surface area contributed by atoms with E-state index in [0.29, 0.717) is 21.6 Å². The van der Waals surface area contributed by atoms with E-state index in [1.807, 2.05) is 18.2 Å². The number of halogens is 4. The summed E-state index contributed by atoms with van der Waals surface area (Å²) in [5.41, 5.74) is 1.90. The van der Waals surface area contributed by atoms with Gasteiger partial charge in [0, 0.05) is 21.1 Å². The van der Waals surface area contributed by atoms with Crippen molar-refractivity contribution in [1.29, 1.82) is 0 Å². The lowest BCUT2D eigenvalue weighted by Gasteiger charge is -2.10. The van der Waals surface area contributed by atoms with Crippen molar-refractivity contribution in [1.82, 2.24) is 0 Å². The highest BCUT2D eigenvalue weighted by Crippen LogP contribution is 2.27. The molecular weight excluding hydrogens is 356 g/mol. The fourth-order valence-electron chi connectivity index (χ4n) is 1.49. The molecule has 18 heavy (non-hydrogen) atoms. The Hall–Kier alpha value is -0.410. The maximum Gasteiger partial charge on any atom is 0.0638 e. The fourth-order valence-corrected chi connectivity index (χ4v) is 2.67. The molecule has 0 saturated carbocycles. The first-order chi connectivity index (χ1) is 8.56. The highest BCUT2D eigenvalue weighted by Gasteiger charge is 2.04. The predicted octanol–water partition coefficient (Wildman–Crippen LogP) is 6.02. The van der Waals surface area contributed by atoms with Gasteiger partial charge in [0.2, 0.25) is 0 Å².